The zero-order valence-electron chi connectivity index (χ0n) is 43.7. The average molecular weight is 917 g/mol. The van der Waals surface area contributed by atoms with Gasteiger partial charge in [-0.05, 0) is 44.9 Å². The fourth-order valence-corrected chi connectivity index (χ4v) is 9.07. The molecule has 0 aromatic rings. The SMILES string of the molecule is CCCCCCCCCCCCCCCCCCC(=O)OCC/C=C\C/C=C\CCCCCCCCCCCCCCCCC(=O)NC(CO)C(O)CCCCCCCCCCCCC. The van der Waals surface area contributed by atoms with Crippen LogP contribution in [0.2, 0.25) is 0 Å². The van der Waals surface area contributed by atoms with E-state index in [1.807, 2.05) is 0 Å². The number of esters is 1. The predicted octanol–water partition coefficient (Wildman–Crippen LogP) is 17.9. The molecule has 65 heavy (non-hydrogen) atoms. The Hall–Kier alpha value is -1.66. The number of allylic oxidation sites excluding steroid dienone is 3. The second-order valence-electron chi connectivity index (χ2n) is 20.0. The fraction of sp³-hybridized carbons (Fsp3) is 0.898. The highest BCUT2D eigenvalue weighted by Crippen LogP contribution is 2.17. The van der Waals surface area contributed by atoms with Crippen molar-refractivity contribution in [1.29, 1.82) is 0 Å². The minimum atomic E-state index is -0.666. The van der Waals surface area contributed by atoms with Gasteiger partial charge in [0.1, 0.15) is 0 Å². The van der Waals surface area contributed by atoms with Crippen molar-refractivity contribution in [3.8, 4) is 0 Å². The van der Waals surface area contributed by atoms with E-state index in [9.17, 15) is 19.8 Å². The molecule has 0 rings (SSSR count). The van der Waals surface area contributed by atoms with Crippen LogP contribution in [-0.2, 0) is 14.3 Å². The van der Waals surface area contributed by atoms with Crippen molar-refractivity contribution in [2.45, 2.75) is 328 Å². The minimum absolute atomic E-state index is 0.0317. The lowest BCUT2D eigenvalue weighted by Crippen LogP contribution is -2.45. The molecule has 2 unspecified atom stereocenters. The Balaban J connectivity index is 3.42. The Morgan fingerprint density at radius 1 is 0.431 bits per heavy atom. The lowest BCUT2D eigenvalue weighted by Gasteiger charge is -2.22. The molecule has 0 fully saturated rings. The lowest BCUT2D eigenvalue weighted by atomic mass is 10.0. The third-order valence-corrected chi connectivity index (χ3v) is 13.5. The van der Waals surface area contributed by atoms with Gasteiger partial charge >= 0.3 is 5.97 Å². The Morgan fingerprint density at radius 3 is 1.17 bits per heavy atom. The van der Waals surface area contributed by atoms with E-state index < -0.39 is 12.1 Å². The summed E-state index contributed by atoms with van der Waals surface area (Å²) in [6, 6.07) is -0.543. The lowest BCUT2D eigenvalue weighted by molar-refractivity contribution is -0.143. The van der Waals surface area contributed by atoms with E-state index in [-0.39, 0.29) is 18.5 Å². The van der Waals surface area contributed by atoms with Crippen LogP contribution >= 0.6 is 0 Å². The molecule has 0 heterocycles. The molecule has 0 spiro atoms. The molecule has 2 atom stereocenters. The molecule has 0 saturated heterocycles. The number of nitrogens with one attached hydrogen (secondary N) is 1. The first-order valence-corrected chi connectivity index (χ1v) is 29.1. The van der Waals surface area contributed by atoms with E-state index in [1.165, 1.54) is 231 Å². The smallest absolute Gasteiger partial charge is 0.305 e. The van der Waals surface area contributed by atoms with Gasteiger partial charge in [0.05, 0.1) is 25.4 Å². The summed E-state index contributed by atoms with van der Waals surface area (Å²) in [5.74, 6) is -0.0718. The topological polar surface area (TPSA) is 95.9 Å². The summed E-state index contributed by atoms with van der Waals surface area (Å²) in [5.41, 5.74) is 0. The first-order chi connectivity index (χ1) is 32.0. The zero-order valence-corrected chi connectivity index (χ0v) is 43.7. The van der Waals surface area contributed by atoms with Gasteiger partial charge < -0.3 is 20.3 Å². The molecule has 0 aromatic carbocycles. The molecule has 0 aliphatic carbocycles. The van der Waals surface area contributed by atoms with Crippen molar-refractivity contribution in [1.82, 2.24) is 5.32 Å². The number of rotatable bonds is 54. The van der Waals surface area contributed by atoms with Gasteiger partial charge in [-0.1, -0.05) is 282 Å². The van der Waals surface area contributed by atoms with E-state index in [0.29, 0.717) is 25.9 Å². The molecule has 0 aliphatic heterocycles. The molecular formula is C59H113NO5. The summed E-state index contributed by atoms with van der Waals surface area (Å²) in [4.78, 5) is 24.5. The van der Waals surface area contributed by atoms with E-state index in [4.69, 9.17) is 4.74 Å². The third kappa shape index (κ3) is 51.6. The van der Waals surface area contributed by atoms with Gasteiger partial charge in [0, 0.05) is 12.8 Å². The molecule has 384 valence electrons. The van der Waals surface area contributed by atoms with Crippen LogP contribution in [0.3, 0.4) is 0 Å². The van der Waals surface area contributed by atoms with Gasteiger partial charge in [0.15, 0.2) is 0 Å². The Bertz CT molecular complexity index is 1010. The summed E-state index contributed by atoms with van der Waals surface area (Å²) < 4.78 is 5.42. The van der Waals surface area contributed by atoms with Crippen molar-refractivity contribution >= 4 is 11.9 Å². The summed E-state index contributed by atoms with van der Waals surface area (Å²) in [5, 5.41) is 23.2. The number of hydrogen-bond donors (Lipinski definition) is 3. The van der Waals surface area contributed by atoms with Crippen LogP contribution in [0.4, 0.5) is 0 Å². The van der Waals surface area contributed by atoms with Crippen LogP contribution in [0.1, 0.15) is 316 Å². The van der Waals surface area contributed by atoms with Crippen LogP contribution in [0, 0.1) is 0 Å². The second-order valence-corrected chi connectivity index (χ2v) is 20.0. The first kappa shape index (κ1) is 63.3. The van der Waals surface area contributed by atoms with Crippen LogP contribution in [0.25, 0.3) is 0 Å². The van der Waals surface area contributed by atoms with E-state index >= 15 is 0 Å². The normalized spacial score (nSPS) is 12.7. The van der Waals surface area contributed by atoms with Gasteiger partial charge in [0.2, 0.25) is 5.91 Å². The molecular weight excluding hydrogens is 803 g/mol. The molecule has 6 heteroatoms. The van der Waals surface area contributed by atoms with Crippen molar-refractivity contribution in [3.63, 3.8) is 0 Å². The van der Waals surface area contributed by atoms with Gasteiger partial charge in [-0.2, -0.15) is 0 Å². The van der Waals surface area contributed by atoms with E-state index in [2.05, 4.69) is 43.5 Å². The van der Waals surface area contributed by atoms with Crippen LogP contribution in [0.15, 0.2) is 24.3 Å². The van der Waals surface area contributed by atoms with Crippen molar-refractivity contribution in [2.24, 2.45) is 0 Å². The van der Waals surface area contributed by atoms with Gasteiger partial charge in [0.25, 0.3) is 0 Å². The van der Waals surface area contributed by atoms with Crippen molar-refractivity contribution < 1.29 is 24.5 Å². The monoisotopic (exact) mass is 916 g/mol. The fourth-order valence-electron chi connectivity index (χ4n) is 9.07. The molecule has 6 nitrogen and oxygen atoms in total. The van der Waals surface area contributed by atoms with Crippen molar-refractivity contribution in [2.75, 3.05) is 13.2 Å². The highest BCUT2D eigenvalue weighted by molar-refractivity contribution is 5.76. The molecule has 0 aliphatic rings. The van der Waals surface area contributed by atoms with Gasteiger partial charge in [-0.15, -0.1) is 0 Å². The summed E-state index contributed by atoms with van der Waals surface area (Å²) in [6.45, 7) is 4.85. The predicted molar refractivity (Wildman–Crippen MR) is 283 cm³/mol. The molecule has 3 N–H and O–H groups in total. The summed E-state index contributed by atoms with van der Waals surface area (Å²) in [6.07, 6.45) is 66.2. The maximum Gasteiger partial charge on any atom is 0.305 e. The molecule has 0 aromatic heterocycles. The Labute approximate surface area is 405 Å². The quantitative estimate of drug-likeness (QED) is 0.0321. The van der Waals surface area contributed by atoms with Gasteiger partial charge in [-0.3, -0.25) is 9.59 Å². The maximum atomic E-state index is 12.4. The molecule has 0 saturated carbocycles. The number of ether oxygens (including phenoxy) is 1. The number of aliphatic hydroxyl groups excluding tert-OH is 2. The van der Waals surface area contributed by atoms with Crippen LogP contribution in [-0.4, -0.2) is 47.4 Å². The molecule has 0 radical (unpaired) electrons. The molecule has 1 amide bonds. The Kier molecular flexibility index (Phi) is 53.5. The minimum Gasteiger partial charge on any atom is -0.465 e. The first-order valence-electron chi connectivity index (χ1n) is 29.1. The average Bonchev–Trinajstić information content (AvgIpc) is 3.31. The summed E-state index contributed by atoms with van der Waals surface area (Å²) in [7, 11) is 0. The zero-order chi connectivity index (χ0) is 47.2. The van der Waals surface area contributed by atoms with Gasteiger partial charge in [-0.25, -0.2) is 0 Å². The molecule has 0 bridgehead atoms. The van der Waals surface area contributed by atoms with Crippen LogP contribution in [0.5, 0.6) is 0 Å². The van der Waals surface area contributed by atoms with E-state index in [0.717, 1.165) is 51.4 Å². The largest absolute Gasteiger partial charge is 0.465 e. The number of aliphatic hydroxyl groups is 2. The number of hydrogen-bond acceptors (Lipinski definition) is 5. The third-order valence-electron chi connectivity index (χ3n) is 13.5. The second kappa shape index (κ2) is 54.9. The highest BCUT2D eigenvalue weighted by Gasteiger charge is 2.20. The number of amides is 1. The van der Waals surface area contributed by atoms with Crippen LogP contribution < -0.4 is 5.32 Å². The maximum absolute atomic E-state index is 12.4. The Morgan fingerprint density at radius 2 is 0.769 bits per heavy atom. The number of unbranched alkanes of at least 4 members (excludes halogenated alkanes) is 39. The highest BCUT2D eigenvalue weighted by atomic mass is 16.5. The number of carbonyl (C=O) groups is 2. The van der Waals surface area contributed by atoms with Crippen molar-refractivity contribution in [3.05, 3.63) is 24.3 Å². The summed E-state index contributed by atoms with van der Waals surface area (Å²) >= 11 is 0. The standard InChI is InChI=1S/C59H113NO5/c1-3-5-7-9-11-13-15-16-17-26-29-33-37-41-45-49-53-59(64)65-54-50-46-42-38-34-30-27-24-22-20-18-19-21-23-25-28-32-36-40-44-48-52-58(63)60-56(55-61)57(62)51-47-43-39-35-31-14-12-10-8-6-4-2/h30,34,42,46,56-57,61-62H,3-29,31-33,35-41,43-45,47-55H2,1-2H3,(H,60,63)/b34-30-,46-42-. The number of carbonyl (C=O) groups excluding carboxylic acids is 2. The van der Waals surface area contributed by atoms with E-state index in [1.54, 1.807) is 0 Å².